The number of nitro benzene ring substituents is 1. The van der Waals surface area contributed by atoms with Crippen LogP contribution in [0.25, 0.3) is 0 Å². The molecule has 2 rings (SSSR count). The zero-order valence-corrected chi connectivity index (χ0v) is 13.8. The molecule has 3 atom stereocenters. The summed E-state index contributed by atoms with van der Waals surface area (Å²) < 4.78 is 11.8. The van der Waals surface area contributed by atoms with E-state index < -0.39 is 0 Å². The number of rotatable bonds is 6. The molecule has 1 saturated carbocycles. The van der Waals surface area contributed by atoms with Crippen LogP contribution >= 0.6 is 15.9 Å². The first kappa shape index (κ1) is 16.2. The topological polar surface area (TPSA) is 73.6 Å². The zero-order valence-electron chi connectivity index (χ0n) is 12.3. The van der Waals surface area contributed by atoms with Crippen molar-refractivity contribution >= 4 is 27.3 Å². The first-order valence-electron chi connectivity index (χ1n) is 6.83. The minimum absolute atomic E-state index is 0.0443. The third kappa shape index (κ3) is 3.36. The third-order valence-electron chi connectivity index (χ3n) is 3.73. The van der Waals surface area contributed by atoms with E-state index in [1.807, 2.05) is 6.92 Å². The van der Waals surface area contributed by atoms with Crippen LogP contribution in [0.2, 0.25) is 0 Å². The van der Waals surface area contributed by atoms with Crippen molar-refractivity contribution in [3.05, 3.63) is 32.3 Å². The highest BCUT2D eigenvalue weighted by Gasteiger charge is 2.42. The number of nitrogens with zero attached hydrogens (tertiary/aromatic N) is 1. The highest BCUT2D eigenvalue weighted by molar-refractivity contribution is 9.10. The average Bonchev–Trinajstić information content (AvgIpc) is 2.39. The highest BCUT2D eigenvalue weighted by Crippen LogP contribution is 2.35. The predicted octanol–water partition coefficient (Wildman–Crippen LogP) is 3.27. The largest absolute Gasteiger partial charge is 0.378 e. The molecule has 1 fully saturated rings. The third-order valence-corrected chi connectivity index (χ3v) is 4.38. The Morgan fingerprint density at radius 3 is 2.81 bits per heavy atom. The Bertz CT molecular complexity index is 538. The van der Waals surface area contributed by atoms with E-state index in [9.17, 15) is 10.1 Å². The SMILES string of the molecule is CCOC1CC(Nc2cc([N+](=O)[O-])c(C)cc2Br)C1OC. The van der Waals surface area contributed by atoms with E-state index in [-0.39, 0.29) is 28.9 Å². The molecule has 0 aromatic heterocycles. The number of ether oxygens (including phenoxy) is 2. The minimum atomic E-state index is -0.371. The molecule has 21 heavy (non-hydrogen) atoms. The first-order chi connectivity index (χ1) is 9.97. The van der Waals surface area contributed by atoms with Gasteiger partial charge in [0.05, 0.1) is 22.8 Å². The summed E-state index contributed by atoms with van der Waals surface area (Å²) in [5.41, 5.74) is 1.44. The molecule has 116 valence electrons. The molecule has 1 aliphatic carbocycles. The highest BCUT2D eigenvalue weighted by atomic mass is 79.9. The lowest BCUT2D eigenvalue weighted by Gasteiger charge is -2.43. The second-order valence-corrected chi connectivity index (χ2v) is 5.91. The molecule has 0 heterocycles. The van der Waals surface area contributed by atoms with Crippen LogP contribution in [0.15, 0.2) is 16.6 Å². The lowest BCUT2D eigenvalue weighted by molar-refractivity contribution is -0.385. The molecule has 6 nitrogen and oxygen atoms in total. The zero-order chi connectivity index (χ0) is 15.6. The molecule has 3 unspecified atom stereocenters. The Labute approximate surface area is 132 Å². The Morgan fingerprint density at radius 1 is 1.52 bits per heavy atom. The van der Waals surface area contributed by atoms with Crippen LogP contribution < -0.4 is 5.32 Å². The van der Waals surface area contributed by atoms with Crippen molar-refractivity contribution in [2.24, 2.45) is 0 Å². The van der Waals surface area contributed by atoms with Gasteiger partial charge in [-0.25, -0.2) is 0 Å². The van der Waals surface area contributed by atoms with Gasteiger partial charge in [0.25, 0.3) is 5.69 Å². The van der Waals surface area contributed by atoms with E-state index in [0.29, 0.717) is 17.9 Å². The summed E-state index contributed by atoms with van der Waals surface area (Å²) in [5, 5.41) is 14.3. The summed E-state index contributed by atoms with van der Waals surface area (Å²) in [7, 11) is 1.65. The summed E-state index contributed by atoms with van der Waals surface area (Å²) in [6.07, 6.45) is 0.856. The maximum atomic E-state index is 11.0. The average molecular weight is 359 g/mol. The smallest absolute Gasteiger partial charge is 0.274 e. The molecule has 0 saturated heterocycles. The molecular formula is C14H19BrN2O4. The van der Waals surface area contributed by atoms with Gasteiger partial charge < -0.3 is 14.8 Å². The standard InChI is InChI=1S/C14H19BrN2O4/c1-4-21-13-7-11(14(13)20-3)16-10-6-12(17(18)19)8(2)5-9(10)15/h5-6,11,13-14,16H,4,7H2,1-3H3. The van der Waals surface area contributed by atoms with Gasteiger partial charge in [-0.2, -0.15) is 0 Å². The number of nitro groups is 1. The molecule has 0 radical (unpaired) electrons. The quantitative estimate of drug-likeness (QED) is 0.623. The van der Waals surface area contributed by atoms with Crippen molar-refractivity contribution in [3.63, 3.8) is 0 Å². The van der Waals surface area contributed by atoms with Gasteiger partial charge in [-0.05, 0) is 42.3 Å². The van der Waals surface area contributed by atoms with E-state index in [2.05, 4.69) is 21.2 Å². The predicted molar refractivity (Wildman–Crippen MR) is 83.8 cm³/mol. The van der Waals surface area contributed by atoms with Gasteiger partial charge in [-0.1, -0.05) is 0 Å². The molecular weight excluding hydrogens is 340 g/mol. The summed E-state index contributed by atoms with van der Waals surface area (Å²) in [4.78, 5) is 10.7. The monoisotopic (exact) mass is 358 g/mol. The molecule has 0 aliphatic heterocycles. The van der Waals surface area contributed by atoms with Crippen molar-refractivity contribution in [2.45, 2.75) is 38.5 Å². The fourth-order valence-electron chi connectivity index (χ4n) is 2.58. The van der Waals surface area contributed by atoms with Crippen LogP contribution in [-0.2, 0) is 9.47 Å². The molecule has 7 heteroatoms. The Kier molecular flexibility index (Phi) is 5.18. The Morgan fingerprint density at radius 2 is 2.24 bits per heavy atom. The molecule has 0 spiro atoms. The fraction of sp³-hybridized carbons (Fsp3) is 0.571. The summed E-state index contributed by atoms with van der Waals surface area (Å²) in [6, 6.07) is 3.39. The van der Waals surface area contributed by atoms with Crippen LogP contribution in [0.4, 0.5) is 11.4 Å². The fourth-order valence-corrected chi connectivity index (χ4v) is 3.16. The van der Waals surface area contributed by atoms with E-state index in [0.717, 1.165) is 10.9 Å². The number of benzene rings is 1. The van der Waals surface area contributed by atoms with Gasteiger partial charge in [0, 0.05) is 29.8 Å². The van der Waals surface area contributed by atoms with Crippen molar-refractivity contribution in [2.75, 3.05) is 19.0 Å². The second kappa shape index (κ2) is 6.72. The van der Waals surface area contributed by atoms with Crippen molar-refractivity contribution in [1.82, 2.24) is 0 Å². The van der Waals surface area contributed by atoms with Crippen LogP contribution in [0.1, 0.15) is 18.9 Å². The van der Waals surface area contributed by atoms with Crippen molar-refractivity contribution in [3.8, 4) is 0 Å². The second-order valence-electron chi connectivity index (χ2n) is 5.06. The number of halogens is 1. The number of aryl methyl sites for hydroxylation is 1. The maximum absolute atomic E-state index is 11.0. The van der Waals surface area contributed by atoms with Crippen LogP contribution in [0, 0.1) is 17.0 Å². The van der Waals surface area contributed by atoms with Gasteiger partial charge in [0.2, 0.25) is 0 Å². The first-order valence-corrected chi connectivity index (χ1v) is 7.62. The van der Waals surface area contributed by atoms with Gasteiger partial charge in [-0.3, -0.25) is 10.1 Å². The van der Waals surface area contributed by atoms with Crippen molar-refractivity contribution < 1.29 is 14.4 Å². The van der Waals surface area contributed by atoms with Gasteiger partial charge in [-0.15, -0.1) is 0 Å². The normalized spacial score (nSPS) is 24.5. The molecule has 1 aromatic carbocycles. The summed E-state index contributed by atoms with van der Waals surface area (Å²) >= 11 is 3.44. The lowest BCUT2D eigenvalue weighted by atomic mass is 9.85. The number of methoxy groups -OCH3 is 1. The lowest BCUT2D eigenvalue weighted by Crippen LogP contribution is -2.56. The molecule has 1 N–H and O–H groups in total. The molecule has 1 aliphatic rings. The summed E-state index contributed by atoms with van der Waals surface area (Å²) in [6.45, 7) is 4.32. The van der Waals surface area contributed by atoms with Gasteiger partial charge >= 0.3 is 0 Å². The van der Waals surface area contributed by atoms with Crippen LogP contribution in [-0.4, -0.2) is 36.9 Å². The van der Waals surface area contributed by atoms with Crippen LogP contribution in [0.5, 0.6) is 0 Å². The van der Waals surface area contributed by atoms with Crippen LogP contribution in [0.3, 0.4) is 0 Å². The Balaban J connectivity index is 2.13. The number of hydrogen-bond acceptors (Lipinski definition) is 5. The van der Waals surface area contributed by atoms with E-state index in [1.54, 1.807) is 26.2 Å². The van der Waals surface area contributed by atoms with Gasteiger partial charge in [0.1, 0.15) is 6.10 Å². The summed E-state index contributed by atoms with van der Waals surface area (Å²) in [5.74, 6) is 0. The van der Waals surface area contributed by atoms with Crippen molar-refractivity contribution in [1.29, 1.82) is 0 Å². The van der Waals surface area contributed by atoms with E-state index in [1.165, 1.54) is 0 Å². The van der Waals surface area contributed by atoms with E-state index in [4.69, 9.17) is 9.47 Å². The maximum Gasteiger partial charge on any atom is 0.274 e. The molecule has 0 amide bonds. The molecule has 0 bridgehead atoms. The number of hydrogen-bond donors (Lipinski definition) is 1. The Hall–Kier alpha value is -1.18. The number of nitrogens with one attached hydrogen (secondary N) is 1. The number of anilines is 1. The van der Waals surface area contributed by atoms with Gasteiger partial charge in [0.15, 0.2) is 0 Å². The van der Waals surface area contributed by atoms with E-state index >= 15 is 0 Å². The molecule has 1 aromatic rings. The minimum Gasteiger partial charge on any atom is -0.378 e.